The number of carbonyl (C=O) groups is 1. The molecule has 0 aromatic carbocycles. The molecule has 0 N–H and O–H groups in total. The third-order valence-electron chi connectivity index (χ3n) is 0.951. The smallest absolute Gasteiger partial charge is 0.392 e. The number of nitrogens with zero attached hydrogens (tertiary/aromatic N) is 1. The van der Waals surface area contributed by atoms with Gasteiger partial charge < -0.3 is 4.74 Å². The Bertz CT molecular complexity index is 318. The first kappa shape index (κ1) is 9.22. The maximum Gasteiger partial charge on any atom is 0.410 e. The highest BCUT2D eigenvalue weighted by Gasteiger charge is 2.08. The second-order valence-corrected chi connectivity index (χ2v) is 2.53. The molecule has 3 nitrogen and oxygen atoms in total. The van der Waals surface area contributed by atoms with Crippen molar-refractivity contribution in [1.82, 2.24) is 4.98 Å². The molecule has 1 heterocycles. The number of hydrogen-bond donors (Lipinski definition) is 0. The van der Waals surface area contributed by atoms with E-state index in [9.17, 15) is 9.18 Å². The van der Waals surface area contributed by atoms with Crippen LogP contribution in [0.25, 0.3) is 0 Å². The normalized spacial score (nSPS) is 9.58. The minimum absolute atomic E-state index is 0.113. The maximum atomic E-state index is 12.7. The molecular formula is C6H2Cl2FNO2. The molecule has 0 atom stereocenters. The van der Waals surface area contributed by atoms with Crippen LogP contribution in [0.3, 0.4) is 0 Å². The molecule has 1 rings (SSSR count). The van der Waals surface area contributed by atoms with Crippen molar-refractivity contribution in [2.24, 2.45) is 0 Å². The summed E-state index contributed by atoms with van der Waals surface area (Å²) in [6, 6.07) is 0.962. The minimum Gasteiger partial charge on any atom is -0.392 e. The van der Waals surface area contributed by atoms with Crippen LogP contribution in [0.1, 0.15) is 0 Å². The second kappa shape index (κ2) is 3.69. The Hall–Kier alpha value is -0.870. The lowest BCUT2D eigenvalue weighted by atomic mass is 10.5. The summed E-state index contributed by atoms with van der Waals surface area (Å²) >= 11 is 10.2. The maximum absolute atomic E-state index is 12.7. The number of ether oxygens (including phenoxy) is 1. The van der Waals surface area contributed by atoms with Gasteiger partial charge in [0.2, 0.25) is 0 Å². The molecule has 12 heavy (non-hydrogen) atoms. The molecule has 0 fully saturated rings. The van der Waals surface area contributed by atoms with E-state index in [2.05, 4.69) is 9.72 Å². The van der Waals surface area contributed by atoms with Gasteiger partial charge in [0.05, 0.1) is 5.02 Å². The van der Waals surface area contributed by atoms with Gasteiger partial charge in [-0.15, -0.1) is 0 Å². The molecule has 0 bridgehead atoms. The molecule has 0 saturated heterocycles. The fourth-order valence-corrected chi connectivity index (χ4v) is 0.771. The molecule has 64 valence electrons. The fourth-order valence-electron chi connectivity index (χ4n) is 0.553. The van der Waals surface area contributed by atoms with Gasteiger partial charge in [0.15, 0.2) is 5.82 Å². The SMILES string of the molecule is O=C(Cl)Oc1ncc(Cl)cc1F. The van der Waals surface area contributed by atoms with Gasteiger partial charge in [0.1, 0.15) is 0 Å². The standard InChI is InChI=1S/C6H2Cl2FNO2/c7-3-1-4(9)5(10-2-3)12-6(8)11/h1-2H. The lowest BCUT2D eigenvalue weighted by Gasteiger charge is -1.98. The largest absolute Gasteiger partial charge is 0.410 e. The summed E-state index contributed by atoms with van der Waals surface area (Å²) in [4.78, 5) is 13.5. The van der Waals surface area contributed by atoms with E-state index in [0.29, 0.717) is 0 Å². The van der Waals surface area contributed by atoms with E-state index in [1.807, 2.05) is 0 Å². The zero-order chi connectivity index (χ0) is 9.14. The van der Waals surface area contributed by atoms with Gasteiger partial charge in [-0.2, -0.15) is 0 Å². The first-order chi connectivity index (χ1) is 5.59. The van der Waals surface area contributed by atoms with Gasteiger partial charge in [0.25, 0.3) is 5.88 Å². The van der Waals surface area contributed by atoms with Crippen LogP contribution in [0.15, 0.2) is 12.3 Å². The van der Waals surface area contributed by atoms with Crippen LogP contribution < -0.4 is 4.74 Å². The van der Waals surface area contributed by atoms with E-state index < -0.39 is 17.1 Å². The van der Waals surface area contributed by atoms with Crippen LogP contribution >= 0.6 is 23.2 Å². The Labute approximate surface area is 77.1 Å². The van der Waals surface area contributed by atoms with Crippen LogP contribution in [0.2, 0.25) is 5.02 Å². The van der Waals surface area contributed by atoms with E-state index in [4.69, 9.17) is 23.2 Å². The molecule has 6 heteroatoms. The number of carbonyl (C=O) groups excluding carboxylic acids is 1. The first-order valence-electron chi connectivity index (χ1n) is 2.78. The van der Waals surface area contributed by atoms with Crippen LogP contribution in [0.5, 0.6) is 5.88 Å². The lowest BCUT2D eigenvalue weighted by molar-refractivity contribution is 0.221. The van der Waals surface area contributed by atoms with Gasteiger partial charge in [0, 0.05) is 17.8 Å². The Morgan fingerprint density at radius 3 is 2.83 bits per heavy atom. The van der Waals surface area contributed by atoms with Crippen LogP contribution in [-0.4, -0.2) is 10.4 Å². The average molecular weight is 210 g/mol. The van der Waals surface area contributed by atoms with Gasteiger partial charge in [-0.3, -0.25) is 0 Å². The van der Waals surface area contributed by atoms with Crippen molar-refractivity contribution in [2.45, 2.75) is 0 Å². The number of rotatable bonds is 1. The molecule has 1 aromatic rings. The highest BCUT2D eigenvalue weighted by atomic mass is 35.5. The molecule has 0 aliphatic heterocycles. The summed E-state index contributed by atoms with van der Waals surface area (Å²) in [6.45, 7) is 0. The Kier molecular flexibility index (Phi) is 2.83. The predicted molar refractivity (Wildman–Crippen MR) is 41.1 cm³/mol. The van der Waals surface area contributed by atoms with Crippen molar-refractivity contribution in [1.29, 1.82) is 0 Å². The highest BCUT2D eigenvalue weighted by molar-refractivity contribution is 6.61. The Morgan fingerprint density at radius 2 is 2.33 bits per heavy atom. The molecule has 0 unspecified atom stereocenters. The fraction of sp³-hybridized carbons (Fsp3) is 0. The van der Waals surface area contributed by atoms with Crippen molar-refractivity contribution < 1.29 is 13.9 Å². The molecule has 0 amide bonds. The minimum atomic E-state index is -1.15. The zero-order valence-electron chi connectivity index (χ0n) is 5.55. The first-order valence-corrected chi connectivity index (χ1v) is 3.53. The lowest BCUT2D eigenvalue weighted by Crippen LogP contribution is -2.00. The number of aromatic nitrogens is 1. The van der Waals surface area contributed by atoms with Crippen LogP contribution in [0.4, 0.5) is 9.18 Å². The van der Waals surface area contributed by atoms with Gasteiger partial charge in [-0.1, -0.05) is 11.6 Å². The molecule has 0 spiro atoms. The van der Waals surface area contributed by atoms with Gasteiger partial charge in [-0.25, -0.2) is 14.2 Å². The number of pyridine rings is 1. The highest BCUT2D eigenvalue weighted by Crippen LogP contribution is 2.17. The predicted octanol–water partition coefficient (Wildman–Crippen LogP) is 2.61. The molecule has 0 aliphatic carbocycles. The van der Waals surface area contributed by atoms with E-state index >= 15 is 0 Å². The summed E-state index contributed by atoms with van der Waals surface area (Å²) < 4.78 is 16.9. The zero-order valence-corrected chi connectivity index (χ0v) is 7.06. The molecule has 0 radical (unpaired) electrons. The quantitative estimate of drug-likeness (QED) is 0.668. The summed E-state index contributed by atoms with van der Waals surface area (Å²) in [5.41, 5.74) is -1.15. The molecule has 0 aliphatic rings. The van der Waals surface area contributed by atoms with E-state index in [0.717, 1.165) is 12.3 Å². The molecule has 0 saturated carbocycles. The third kappa shape index (κ3) is 2.32. The van der Waals surface area contributed by atoms with Crippen molar-refractivity contribution in [3.05, 3.63) is 23.1 Å². The Balaban J connectivity index is 2.93. The van der Waals surface area contributed by atoms with Crippen molar-refractivity contribution in [3.8, 4) is 5.88 Å². The van der Waals surface area contributed by atoms with E-state index in [-0.39, 0.29) is 5.02 Å². The van der Waals surface area contributed by atoms with Gasteiger partial charge in [-0.05, 0) is 6.07 Å². The van der Waals surface area contributed by atoms with E-state index in [1.54, 1.807) is 0 Å². The van der Waals surface area contributed by atoms with Gasteiger partial charge >= 0.3 is 5.43 Å². The van der Waals surface area contributed by atoms with E-state index in [1.165, 1.54) is 0 Å². The number of hydrogen-bond acceptors (Lipinski definition) is 3. The van der Waals surface area contributed by atoms with Crippen molar-refractivity contribution in [3.63, 3.8) is 0 Å². The van der Waals surface area contributed by atoms with Crippen LogP contribution in [0, 0.1) is 5.82 Å². The summed E-state index contributed by atoms with van der Waals surface area (Å²) in [5.74, 6) is -1.32. The summed E-state index contributed by atoms with van der Waals surface area (Å²) in [7, 11) is 0. The summed E-state index contributed by atoms with van der Waals surface area (Å²) in [6.07, 6.45) is 1.14. The molecule has 1 aromatic heterocycles. The average Bonchev–Trinajstić information content (AvgIpc) is 1.94. The number of halogens is 3. The second-order valence-electron chi connectivity index (χ2n) is 1.78. The topological polar surface area (TPSA) is 39.2 Å². The Morgan fingerprint density at radius 1 is 1.67 bits per heavy atom. The summed E-state index contributed by atoms with van der Waals surface area (Å²) in [5, 5.41) is 0.113. The molecular weight excluding hydrogens is 208 g/mol. The van der Waals surface area contributed by atoms with Crippen LogP contribution in [-0.2, 0) is 0 Å². The monoisotopic (exact) mass is 209 g/mol. The van der Waals surface area contributed by atoms with Crippen molar-refractivity contribution in [2.75, 3.05) is 0 Å². The third-order valence-corrected chi connectivity index (χ3v) is 1.23. The van der Waals surface area contributed by atoms with Crippen molar-refractivity contribution >= 4 is 28.6 Å².